The first-order valence-corrected chi connectivity index (χ1v) is 17.0. The van der Waals surface area contributed by atoms with E-state index in [1.807, 2.05) is 30.3 Å². The number of amides is 1. The van der Waals surface area contributed by atoms with Gasteiger partial charge in [0.1, 0.15) is 4.83 Å². The number of nitrogens with one attached hydrogen (secondary N) is 3. The smallest absolute Gasteiger partial charge is 0.261 e. The number of fused-ring (bicyclic) bond motifs is 2. The van der Waals surface area contributed by atoms with Crippen LogP contribution >= 0.6 is 11.3 Å². The lowest BCUT2D eigenvalue weighted by Gasteiger charge is -2.34. The van der Waals surface area contributed by atoms with E-state index >= 15 is 0 Å². The van der Waals surface area contributed by atoms with Crippen LogP contribution in [0, 0.1) is 17.3 Å². The summed E-state index contributed by atoms with van der Waals surface area (Å²) in [5, 5.41) is 37.8. The van der Waals surface area contributed by atoms with Crippen LogP contribution in [0.5, 0.6) is 0 Å². The highest BCUT2D eigenvalue weighted by Gasteiger charge is 2.40. The number of aryl methyl sites for hydroxylation is 1. The van der Waals surface area contributed by atoms with E-state index in [0.29, 0.717) is 30.2 Å². The van der Waals surface area contributed by atoms with Gasteiger partial charge in [0, 0.05) is 41.9 Å². The fourth-order valence-corrected chi connectivity index (χ4v) is 7.88. The van der Waals surface area contributed by atoms with Crippen LogP contribution in [0.1, 0.15) is 72.6 Å². The molecule has 1 fully saturated rings. The number of H-pyrrole nitrogens is 1. The van der Waals surface area contributed by atoms with Crippen molar-refractivity contribution < 1.29 is 20.1 Å². The predicted octanol–water partition coefficient (Wildman–Crippen LogP) is 4.36. The van der Waals surface area contributed by atoms with Crippen molar-refractivity contribution in [3.63, 3.8) is 0 Å². The number of hydrogen-bond acceptors (Lipinski definition) is 8. The third kappa shape index (κ3) is 6.96. The quantitative estimate of drug-likeness (QED) is 0.159. The fourth-order valence-electron chi connectivity index (χ4n) is 6.95. The number of hydrogen-bond donors (Lipinski definition) is 6. The Morgan fingerprint density at radius 1 is 1.09 bits per heavy atom. The van der Waals surface area contributed by atoms with E-state index in [1.165, 1.54) is 23.0 Å². The number of aromatic amines is 1. The second kappa shape index (κ2) is 13.4. The molecule has 46 heavy (non-hydrogen) atoms. The van der Waals surface area contributed by atoms with E-state index in [0.717, 1.165) is 51.9 Å². The van der Waals surface area contributed by atoms with Crippen LogP contribution in [0.25, 0.3) is 21.3 Å². The maximum absolute atomic E-state index is 13.7. The monoisotopic (exact) mass is 644 g/mol. The van der Waals surface area contributed by atoms with E-state index in [9.17, 15) is 24.9 Å². The van der Waals surface area contributed by atoms with Crippen LogP contribution in [0.3, 0.4) is 0 Å². The molecule has 0 aliphatic heterocycles. The molecule has 6 atom stereocenters. The van der Waals surface area contributed by atoms with Gasteiger partial charge in [-0.3, -0.25) is 9.59 Å². The first-order chi connectivity index (χ1) is 22.0. The zero-order chi connectivity index (χ0) is 32.6. The first-order valence-electron chi connectivity index (χ1n) is 16.2. The van der Waals surface area contributed by atoms with Crippen LogP contribution in [0.2, 0.25) is 0 Å². The summed E-state index contributed by atoms with van der Waals surface area (Å²) in [5.74, 6) is 0.0729. The van der Waals surface area contributed by atoms with Crippen molar-refractivity contribution in [2.75, 3.05) is 13.2 Å². The average Bonchev–Trinajstić information content (AvgIpc) is 3.58. The van der Waals surface area contributed by atoms with Gasteiger partial charge in [0.15, 0.2) is 0 Å². The number of pyridine rings is 2. The third-order valence-electron chi connectivity index (χ3n) is 9.93. The summed E-state index contributed by atoms with van der Waals surface area (Å²) in [5.41, 5.74) is 5.26. The highest BCUT2D eigenvalue weighted by Crippen LogP contribution is 2.38. The molecule has 10 heteroatoms. The summed E-state index contributed by atoms with van der Waals surface area (Å²) in [6.07, 6.45) is 3.86. The topological polar surface area (TPSA) is 148 Å². The van der Waals surface area contributed by atoms with Gasteiger partial charge in [0.05, 0.1) is 23.1 Å². The molecule has 6 rings (SSSR count). The first kappa shape index (κ1) is 32.5. The molecular weight excluding hydrogens is 600 g/mol. The van der Waals surface area contributed by atoms with Crippen LogP contribution in [-0.4, -0.2) is 62.6 Å². The molecule has 2 aliphatic carbocycles. The molecule has 1 aromatic carbocycles. The van der Waals surface area contributed by atoms with Crippen molar-refractivity contribution in [2.24, 2.45) is 17.3 Å². The SMILES string of the molecule is CC(C)(C)[C@H]1CCc2nc3sc(C(=O)N[C@H](CCN[C@H]4C[C@@H](CO)[C@H](O)[C@@H]4O)c4ccc(-c5ccc(=O)[nH]c5)cc4)cc3cc2C1. The van der Waals surface area contributed by atoms with Gasteiger partial charge in [0.25, 0.3) is 5.91 Å². The number of benzene rings is 1. The second-order valence-corrected chi connectivity index (χ2v) is 15.0. The van der Waals surface area contributed by atoms with Crippen LogP contribution < -0.4 is 16.2 Å². The molecule has 4 aromatic rings. The van der Waals surface area contributed by atoms with Crippen molar-refractivity contribution in [3.05, 3.63) is 86.8 Å². The zero-order valence-electron chi connectivity index (χ0n) is 26.6. The Morgan fingerprint density at radius 3 is 2.52 bits per heavy atom. The number of thiophene rings is 1. The number of aromatic nitrogens is 2. The Kier molecular flexibility index (Phi) is 9.45. The normalized spacial score (nSPS) is 23.7. The Hall–Kier alpha value is -3.41. The van der Waals surface area contributed by atoms with Gasteiger partial charge in [-0.2, -0.15) is 0 Å². The number of carbonyl (C=O) groups is 1. The second-order valence-electron chi connectivity index (χ2n) is 14.0. The molecule has 6 N–H and O–H groups in total. The lowest BCUT2D eigenvalue weighted by molar-refractivity contribution is -0.000209. The van der Waals surface area contributed by atoms with Gasteiger partial charge in [-0.1, -0.05) is 45.0 Å². The number of aliphatic hydroxyl groups is 3. The fraction of sp³-hybridized carbons (Fsp3) is 0.472. The minimum absolute atomic E-state index is 0.161. The van der Waals surface area contributed by atoms with Gasteiger partial charge < -0.3 is 30.9 Å². The molecule has 0 bridgehead atoms. The molecule has 0 saturated heterocycles. The van der Waals surface area contributed by atoms with Gasteiger partial charge in [-0.25, -0.2) is 4.98 Å². The highest BCUT2D eigenvalue weighted by atomic mass is 32.1. The summed E-state index contributed by atoms with van der Waals surface area (Å²) in [7, 11) is 0. The Labute approximate surface area is 273 Å². The molecule has 0 radical (unpaired) electrons. The van der Waals surface area contributed by atoms with Gasteiger partial charge >= 0.3 is 0 Å². The summed E-state index contributed by atoms with van der Waals surface area (Å²) in [6.45, 7) is 7.21. The van der Waals surface area contributed by atoms with E-state index in [2.05, 4.69) is 42.5 Å². The number of carbonyl (C=O) groups excluding carboxylic acids is 1. The number of nitrogens with zero attached hydrogens (tertiary/aromatic N) is 1. The van der Waals surface area contributed by atoms with Gasteiger partial charge in [-0.15, -0.1) is 11.3 Å². The van der Waals surface area contributed by atoms with Gasteiger partial charge in [-0.05, 0) is 90.4 Å². The van der Waals surface area contributed by atoms with Crippen LogP contribution in [0.4, 0.5) is 0 Å². The summed E-state index contributed by atoms with van der Waals surface area (Å²) in [6, 6.07) is 14.7. The Balaban J connectivity index is 1.20. The molecule has 3 heterocycles. The predicted molar refractivity (Wildman–Crippen MR) is 181 cm³/mol. The average molecular weight is 645 g/mol. The lowest BCUT2D eigenvalue weighted by Crippen LogP contribution is -2.41. The van der Waals surface area contributed by atoms with Crippen molar-refractivity contribution in [1.29, 1.82) is 0 Å². The largest absolute Gasteiger partial charge is 0.396 e. The molecule has 2 aliphatic rings. The highest BCUT2D eigenvalue weighted by molar-refractivity contribution is 7.20. The maximum atomic E-state index is 13.7. The van der Waals surface area contributed by atoms with Crippen molar-refractivity contribution >= 4 is 27.5 Å². The molecule has 1 saturated carbocycles. The Bertz CT molecular complexity index is 1720. The van der Waals surface area contributed by atoms with Crippen molar-refractivity contribution in [2.45, 2.75) is 77.2 Å². The van der Waals surface area contributed by atoms with Crippen molar-refractivity contribution in [1.82, 2.24) is 20.6 Å². The van der Waals surface area contributed by atoms with Crippen LogP contribution in [0.15, 0.2) is 59.5 Å². The van der Waals surface area contributed by atoms with E-state index < -0.39 is 12.2 Å². The standard InChI is InChI=1S/C36H44N4O5S/c1-36(2,3)26-9-10-27-23(15-26)14-24-17-30(46-35(24)40-27)34(45)39-28(12-13-37-29-16-25(19-41)32(43)33(29)44)21-6-4-20(5-7-21)22-8-11-31(42)38-18-22/h4-8,11,14,17-18,25-26,28-29,32-33,37,41,43-44H,9-10,12-13,15-16,19H2,1-3H3,(H,38,42)(H,39,45)/t25-,26-,28+,29-,32-,33+/m0/s1. The minimum atomic E-state index is -0.968. The number of rotatable bonds is 9. The molecule has 0 unspecified atom stereocenters. The van der Waals surface area contributed by atoms with Crippen LogP contribution in [-0.2, 0) is 12.8 Å². The van der Waals surface area contributed by atoms with E-state index in [4.69, 9.17) is 4.98 Å². The summed E-state index contributed by atoms with van der Waals surface area (Å²) < 4.78 is 0. The summed E-state index contributed by atoms with van der Waals surface area (Å²) >= 11 is 1.42. The molecule has 244 valence electrons. The Morgan fingerprint density at radius 2 is 1.85 bits per heavy atom. The molecule has 9 nitrogen and oxygen atoms in total. The third-order valence-corrected chi connectivity index (χ3v) is 11.0. The molecule has 1 amide bonds. The zero-order valence-corrected chi connectivity index (χ0v) is 27.4. The maximum Gasteiger partial charge on any atom is 0.261 e. The van der Waals surface area contributed by atoms with Crippen molar-refractivity contribution in [3.8, 4) is 11.1 Å². The van der Waals surface area contributed by atoms with Gasteiger partial charge in [0.2, 0.25) is 5.56 Å². The lowest BCUT2D eigenvalue weighted by atomic mass is 9.71. The van der Waals surface area contributed by atoms with E-state index in [1.54, 1.807) is 12.3 Å². The minimum Gasteiger partial charge on any atom is -0.396 e. The number of aliphatic hydroxyl groups excluding tert-OH is 3. The van der Waals surface area contributed by atoms with E-state index in [-0.39, 0.29) is 41.5 Å². The summed E-state index contributed by atoms with van der Waals surface area (Å²) in [4.78, 5) is 34.4. The molecule has 0 spiro atoms. The molecule has 3 aromatic heterocycles. The molecular formula is C36H44N4O5S.